The van der Waals surface area contributed by atoms with Crippen molar-refractivity contribution in [2.24, 2.45) is 0 Å². The van der Waals surface area contributed by atoms with Crippen LogP contribution >= 0.6 is 0 Å². The Balaban J connectivity index is 2.28. The number of aromatic nitrogens is 2. The van der Waals surface area contributed by atoms with Crippen LogP contribution in [-0.4, -0.2) is 29.9 Å². The van der Waals surface area contributed by atoms with E-state index in [-0.39, 0.29) is 12.2 Å². The van der Waals surface area contributed by atoms with E-state index in [1.165, 1.54) is 20.3 Å². The number of amides is 1. The lowest BCUT2D eigenvalue weighted by atomic mass is 10.2. The lowest BCUT2D eigenvalue weighted by Crippen LogP contribution is -2.17. The van der Waals surface area contributed by atoms with Crippen molar-refractivity contribution >= 4 is 11.6 Å². The van der Waals surface area contributed by atoms with Crippen LogP contribution in [0.15, 0.2) is 24.3 Å². The molecule has 6 nitrogen and oxygen atoms in total. The first-order valence-electron chi connectivity index (χ1n) is 6.98. The van der Waals surface area contributed by atoms with E-state index >= 15 is 0 Å². The molecule has 0 saturated carbocycles. The summed E-state index contributed by atoms with van der Waals surface area (Å²) in [5.74, 6) is 0.149. The molecule has 0 bridgehead atoms. The van der Waals surface area contributed by atoms with Crippen molar-refractivity contribution in [1.82, 2.24) is 9.78 Å². The molecular formula is C15H16F3N3O3. The van der Waals surface area contributed by atoms with Crippen molar-refractivity contribution < 1.29 is 27.4 Å². The number of benzene rings is 1. The number of hydrogen-bond acceptors (Lipinski definition) is 4. The zero-order valence-corrected chi connectivity index (χ0v) is 13.3. The Morgan fingerprint density at radius 3 is 2.42 bits per heavy atom. The average molecular weight is 343 g/mol. The molecule has 1 heterocycles. The molecule has 2 aromatic rings. The fourth-order valence-corrected chi connectivity index (χ4v) is 2.09. The van der Waals surface area contributed by atoms with Gasteiger partial charge in [0.15, 0.2) is 17.2 Å². The van der Waals surface area contributed by atoms with Gasteiger partial charge in [0, 0.05) is 24.4 Å². The van der Waals surface area contributed by atoms with Crippen molar-refractivity contribution in [3.05, 3.63) is 35.7 Å². The average Bonchev–Trinajstić information content (AvgIpc) is 2.99. The van der Waals surface area contributed by atoms with Gasteiger partial charge in [-0.25, -0.2) is 0 Å². The Hall–Kier alpha value is -2.71. The molecule has 0 aliphatic heterocycles. The molecule has 0 atom stereocenters. The number of aryl methyl sites for hydroxylation is 1. The van der Waals surface area contributed by atoms with Crippen molar-refractivity contribution in [3.8, 4) is 11.5 Å². The molecule has 0 aliphatic rings. The number of nitrogens with zero attached hydrogens (tertiary/aromatic N) is 2. The van der Waals surface area contributed by atoms with E-state index in [1.54, 1.807) is 19.1 Å². The summed E-state index contributed by atoms with van der Waals surface area (Å²) in [5, 5.41) is 5.93. The molecule has 0 radical (unpaired) electrons. The van der Waals surface area contributed by atoms with Crippen molar-refractivity contribution in [1.29, 1.82) is 0 Å². The van der Waals surface area contributed by atoms with Crippen LogP contribution in [0.5, 0.6) is 11.5 Å². The van der Waals surface area contributed by atoms with E-state index in [9.17, 15) is 18.0 Å². The highest BCUT2D eigenvalue weighted by Crippen LogP contribution is 2.31. The molecule has 1 aromatic heterocycles. The lowest BCUT2D eigenvalue weighted by Gasteiger charge is -2.11. The molecule has 1 aromatic carbocycles. The van der Waals surface area contributed by atoms with Gasteiger partial charge in [-0.15, -0.1) is 0 Å². The first-order valence-corrected chi connectivity index (χ1v) is 6.98. The summed E-state index contributed by atoms with van der Waals surface area (Å²) in [7, 11) is 2.90. The van der Waals surface area contributed by atoms with E-state index in [4.69, 9.17) is 9.47 Å². The smallest absolute Gasteiger partial charge is 0.435 e. The maximum Gasteiger partial charge on any atom is 0.435 e. The number of carbonyl (C=O) groups excluding carboxylic acids is 1. The molecule has 0 saturated heterocycles. The van der Waals surface area contributed by atoms with E-state index in [0.29, 0.717) is 17.2 Å². The summed E-state index contributed by atoms with van der Waals surface area (Å²) in [5.41, 5.74) is -0.934. The second-order valence-electron chi connectivity index (χ2n) is 4.75. The largest absolute Gasteiger partial charge is 0.493 e. The first-order chi connectivity index (χ1) is 11.3. The minimum absolute atomic E-state index is 0.130. The standard InChI is InChI=1S/C15H16F3N3O3/c1-4-21-10(8-13(20-21)15(16,17)18)14(22)19-9-5-6-11(23-2)12(7-9)24-3/h5-8H,4H2,1-3H3,(H,19,22). The fraction of sp³-hybridized carbons (Fsp3) is 0.333. The van der Waals surface area contributed by atoms with Crippen LogP contribution in [0.1, 0.15) is 23.1 Å². The number of methoxy groups -OCH3 is 2. The first kappa shape index (κ1) is 17.6. The Morgan fingerprint density at radius 2 is 1.88 bits per heavy atom. The zero-order chi connectivity index (χ0) is 17.9. The minimum Gasteiger partial charge on any atom is -0.493 e. The molecule has 130 valence electrons. The molecule has 2 rings (SSSR count). The van der Waals surface area contributed by atoms with Gasteiger partial charge in [-0.05, 0) is 19.1 Å². The quantitative estimate of drug-likeness (QED) is 0.905. The molecule has 0 spiro atoms. The SMILES string of the molecule is CCn1nc(C(F)(F)F)cc1C(=O)Nc1ccc(OC)c(OC)c1. The van der Waals surface area contributed by atoms with Crippen molar-refractivity contribution in [2.45, 2.75) is 19.6 Å². The third-order valence-corrected chi connectivity index (χ3v) is 3.24. The Labute approximate surface area is 136 Å². The summed E-state index contributed by atoms with van der Waals surface area (Å²) in [6.45, 7) is 1.73. The Bertz CT molecular complexity index is 741. The topological polar surface area (TPSA) is 65.4 Å². The highest BCUT2D eigenvalue weighted by atomic mass is 19.4. The van der Waals surface area contributed by atoms with Gasteiger partial charge >= 0.3 is 6.18 Å². The van der Waals surface area contributed by atoms with Crippen molar-refractivity contribution in [3.63, 3.8) is 0 Å². The van der Waals surface area contributed by atoms with Gasteiger partial charge in [-0.1, -0.05) is 0 Å². The number of carbonyl (C=O) groups is 1. The number of halogens is 3. The number of hydrogen-bond donors (Lipinski definition) is 1. The molecular weight excluding hydrogens is 327 g/mol. The van der Waals surface area contributed by atoms with Crippen LogP contribution in [0.3, 0.4) is 0 Å². The van der Waals surface area contributed by atoms with E-state index in [0.717, 1.165) is 10.7 Å². The molecule has 0 fully saturated rings. The summed E-state index contributed by atoms with van der Waals surface area (Å²) in [6.07, 6.45) is -4.61. The van der Waals surface area contributed by atoms with Gasteiger partial charge in [0.05, 0.1) is 14.2 Å². The van der Waals surface area contributed by atoms with Crippen LogP contribution < -0.4 is 14.8 Å². The minimum atomic E-state index is -4.61. The number of ether oxygens (including phenoxy) is 2. The number of nitrogens with one attached hydrogen (secondary N) is 1. The lowest BCUT2D eigenvalue weighted by molar-refractivity contribution is -0.141. The van der Waals surface area contributed by atoms with Gasteiger partial charge in [-0.2, -0.15) is 18.3 Å². The number of anilines is 1. The van der Waals surface area contributed by atoms with E-state index in [2.05, 4.69) is 10.4 Å². The summed E-state index contributed by atoms with van der Waals surface area (Å²) >= 11 is 0. The van der Waals surface area contributed by atoms with E-state index < -0.39 is 17.8 Å². The van der Waals surface area contributed by atoms with Crippen LogP contribution in [0.4, 0.5) is 18.9 Å². The molecule has 9 heteroatoms. The Kier molecular flexibility index (Phi) is 5.01. The van der Waals surface area contributed by atoms with Crippen LogP contribution in [0, 0.1) is 0 Å². The second kappa shape index (κ2) is 6.81. The molecule has 24 heavy (non-hydrogen) atoms. The highest BCUT2D eigenvalue weighted by molar-refractivity contribution is 6.03. The van der Waals surface area contributed by atoms with Crippen LogP contribution in [0.2, 0.25) is 0 Å². The second-order valence-corrected chi connectivity index (χ2v) is 4.75. The fourth-order valence-electron chi connectivity index (χ4n) is 2.09. The van der Waals surface area contributed by atoms with Gasteiger partial charge in [-0.3, -0.25) is 9.48 Å². The van der Waals surface area contributed by atoms with Gasteiger partial charge in [0.1, 0.15) is 5.69 Å². The van der Waals surface area contributed by atoms with Gasteiger partial charge in [0.2, 0.25) is 0 Å². The van der Waals surface area contributed by atoms with Crippen molar-refractivity contribution in [2.75, 3.05) is 19.5 Å². The monoisotopic (exact) mass is 343 g/mol. The summed E-state index contributed by atoms with van der Waals surface area (Å²) < 4.78 is 49.5. The van der Waals surface area contributed by atoms with Gasteiger partial charge < -0.3 is 14.8 Å². The Morgan fingerprint density at radius 1 is 1.21 bits per heavy atom. The van der Waals surface area contributed by atoms with Gasteiger partial charge in [0.25, 0.3) is 5.91 Å². The maximum absolute atomic E-state index is 12.8. The maximum atomic E-state index is 12.8. The molecule has 1 N–H and O–H groups in total. The summed E-state index contributed by atoms with van der Waals surface area (Å²) in [6, 6.07) is 5.36. The van der Waals surface area contributed by atoms with Crippen LogP contribution in [0.25, 0.3) is 0 Å². The number of rotatable bonds is 5. The predicted molar refractivity (Wildman–Crippen MR) is 80.4 cm³/mol. The normalized spacial score (nSPS) is 11.2. The third-order valence-electron chi connectivity index (χ3n) is 3.24. The molecule has 0 unspecified atom stereocenters. The molecule has 0 aliphatic carbocycles. The van der Waals surface area contributed by atoms with E-state index in [1.807, 2.05) is 0 Å². The third kappa shape index (κ3) is 3.61. The predicted octanol–water partition coefficient (Wildman–Crippen LogP) is 3.19. The summed E-state index contributed by atoms with van der Waals surface area (Å²) in [4.78, 5) is 12.3. The molecule has 1 amide bonds. The zero-order valence-electron chi connectivity index (χ0n) is 13.3. The highest BCUT2D eigenvalue weighted by Gasteiger charge is 2.35. The van der Waals surface area contributed by atoms with Crippen LogP contribution in [-0.2, 0) is 12.7 Å². The number of alkyl halides is 3.